The summed E-state index contributed by atoms with van der Waals surface area (Å²) in [7, 11) is 0. The summed E-state index contributed by atoms with van der Waals surface area (Å²) in [6, 6.07) is 9.77. The fourth-order valence-electron chi connectivity index (χ4n) is 1.98. The summed E-state index contributed by atoms with van der Waals surface area (Å²) in [5, 5.41) is 8.85. The minimum atomic E-state index is -0.209. The molecule has 1 saturated heterocycles. The van der Waals surface area contributed by atoms with E-state index >= 15 is 0 Å². The summed E-state index contributed by atoms with van der Waals surface area (Å²) in [5.74, 6) is -0.209. The standard InChI is InChI=1S/C15H16N2O2/c1-12(18)14(11-16)10-13-2-4-15(5-3-13)17-6-8-19-9-7-17/h2-5,10H,6-9H2,1H3/b14-10-. The maximum absolute atomic E-state index is 11.2. The van der Waals surface area contributed by atoms with Crippen LogP contribution in [0.1, 0.15) is 12.5 Å². The highest BCUT2D eigenvalue weighted by atomic mass is 16.5. The predicted octanol–water partition coefficient (Wildman–Crippen LogP) is 2.02. The van der Waals surface area contributed by atoms with Crippen molar-refractivity contribution in [3.05, 3.63) is 35.4 Å². The van der Waals surface area contributed by atoms with Crippen LogP contribution in [0.5, 0.6) is 0 Å². The van der Waals surface area contributed by atoms with Gasteiger partial charge in [0.25, 0.3) is 0 Å². The molecule has 0 unspecified atom stereocenters. The Morgan fingerprint density at radius 3 is 2.47 bits per heavy atom. The van der Waals surface area contributed by atoms with E-state index in [9.17, 15) is 4.79 Å². The number of hydrogen-bond acceptors (Lipinski definition) is 4. The summed E-state index contributed by atoms with van der Waals surface area (Å²) in [4.78, 5) is 13.4. The van der Waals surface area contributed by atoms with Crippen LogP contribution in [-0.2, 0) is 9.53 Å². The molecule has 2 rings (SSSR count). The smallest absolute Gasteiger partial charge is 0.170 e. The van der Waals surface area contributed by atoms with E-state index in [-0.39, 0.29) is 11.4 Å². The normalized spacial score (nSPS) is 16.0. The molecule has 4 heteroatoms. The molecule has 0 aliphatic carbocycles. The number of Topliss-reactive ketones (excluding diaryl/α,β-unsaturated/α-hetero) is 1. The number of carbonyl (C=O) groups is 1. The molecule has 1 aromatic carbocycles. The molecule has 0 spiro atoms. The molecule has 19 heavy (non-hydrogen) atoms. The van der Waals surface area contributed by atoms with Crippen LogP contribution in [0.2, 0.25) is 0 Å². The second-order valence-corrected chi connectivity index (χ2v) is 4.42. The van der Waals surface area contributed by atoms with E-state index in [2.05, 4.69) is 4.90 Å². The number of hydrogen-bond donors (Lipinski definition) is 0. The van der Waals surface area contributed by atoms with Crippen LogP contribution < -0.4 is 4.90 Å². The second kappa shape index (κ2) is 6.17. The number of morpholine rings is 1. The van der Waals surface area contributed by atoms with Gasteiger partial charge in [-0.3, -0.25) is 4.79 Å². The van der Waals surface area contributed by atoms with Gasteiger partial charge in [-0.1, -0.05) is 12.1 Å². The van der Waals surface area contributed by atoms with Gasteiger partial charge in [-0.15, -0.1) is 0 Å². The fourth-order valence-corrected chi connectivity index (χ4v) is 1.98. The van der Waals surface area contributed by atoms with Crippen molar-refractivity contribution in [3.63, 3.8) is 0 Å². The van der Waals surface area contributed by atoms with Crippen molar-refractivity contribution >= 4 is 17.5 Å². The molecule has 0 saturated carbocycles. The number of anilines is 1. The lowest BCUT2D eigenvalue weighted by atomic mass is 10.1. The highest BCUT2D eigenvalue weighted by Crippen LogP contribution is 2.18. The molecule has 98 valence electrons. The van der Waals surface area contributed by atoms with Crippen molar-refractivity contribution in [3.8, 4) is 6.07 Å². The molecule has 1 fully saturated rings. The summed E-state index contributed by atoms with van der Waals surface area (Å²) < 4.78 is 5.31. The number of carbonyl (C=O) groups excluding carboxylic acids is 1. The molecule has 1 aromatic rings. The predicted molar refractivity (Wildman–Crippen MR) is 73.7 cm³/mol. The van der Waals surface area contributed by atoms with Crippen LogP contribution in [0.4, 0.5) is 5.69 Å². The zero-order chi connectivity index (χ0) is 13.7. The van der Waals surface area contributed by atoms with Crippen LogP contribution in [0.25, 0.3) is 6.08 Å². The topological polar surface area (TPSA) is 53.3 Å². The Morgan fingerprint density at radius 1 is 1.32 bits per heavy atom. The van der Waals surface area contributed by atoms with Crippen LogP contribution in [-0.4, -0.2) is 32.1 Å². The maximum Gasteiger partial charge on any atom is 0.170 e. The van der Waals surface area contributed by atoms with E-state index in [1.165, 1.54) is 6.92 Å². The van der Waals surface area contributed by atoms with Crippen molar-refractivity contribution in [2.45, 2.75) is 6.92 Å². The fraction of sp³-hybridized carbons (Fsp3) is 0.333. The third-order valence-electron chi connectivity index (χ3n) is 3.08. The van der Waals surface area contributed by atoms with Crippen LogP contribution >= 0.6 is 0 Å². The van der Waals surface area contributed by atoms with E-state index in [0.29, 0.717) is 0 Å². The first kappa shape index (κ1) is 13.3. The number of ether oxygens (including phenoxy) is 1. The quantitative estimate of drug-likeness (QED) is 0.613. The van der Waals surface area contributed by atoms with Crippen LogP contribution in [0, 0.1) is 11.3 Å². The van der Waals surface area contributed by atoms with Gasteiger partial charge in [0.2, 0.25) is 0 Å². The van der Waals surface area contributed by atoms with Crippen molar-refractivity contribution in [1.82, 2.24) is 0 Å². The minimum absolute atomic E-state index is 0.180. The number of allylic oxidation sites excluding steroid dienone is 1. The Morgan fingerprint density at radius 2 is 1.95 bits per heavy atom. The van der Waals surface area contributed by atoms with E-state index in [4.69, 9.17) is 10.00 Å². The van der Waals surface area contributed by atoms with E-state index in [0.717, 1.165) is 37.6 Å². The van der Waals surface area contributed by atoms with Gasteiger partial charge < -0.3 is 9.64 Å². The molecule has 1 heterocycles. The van der Waals surface area contributed by atoms with Gasteiger partial charge in [-0.2, -0.15) is 5.26 Å². The van der Waals surface area contributed by atoms with E-state index < -0.39 is 0 Å². The molecule has 0 bridgehead atoms. The number of nitrogens with zero attached hydrogens (tertiary/aromatic N) is 2. The Balaban J connectivity index is 2.14. The molecule has 4 nitrogen and oxygen atoms in total. The Labute approximate surface area is 112 Å². The Kier molecular flexibility index (Phi) is 4.32. The van der Waals surface area contributed by atoms with E-state index in [1.54, 1.807) is 6.08 Å². The van der Waals surface area contributed by atoms with Gasteiger partial charge in [0, 0.05) is 18.8 Å². The molecule has 0 amide bonds. The van der Waals surface area contributed by atoms with Gasteiger partial charge in [-0.25, -0.2) is 0 Å². The van der Waals surface area contributed by atoms with Gasteiger partial charge in [-0.05, 0) is 30.7 Å². The molecule has 0 atom stereocenters. The highest BCUT2D eigenvalue weighted by molar-refractivity contribution is 6.01. The first-order valence-electron chi connectivity index (χ1n) is 6.26. The number of ketones is 1. The zero-order valence-corrected chi connectivity index (χ0v) is 10.9. The van der Waals surface area contributed by atoms with Gasteiger partial charge in [0.05, 0.1) is 18.8 Å². The lowest BCUT2D eigenvalue weighted by Crippen LogP contribution is -2.36. The Bertz CT molecular complexity index is 520. The summed E-state index contributed by atoms with van der Waals surface area (Å²) >= 11 is 0. The van der Waals surface area contributed by atoms with E-state index in [1.807, 2.05) is 30.3 Å². The minimum Gasteiger partial charge on any atom is -0.378 e. The maximum atomic E-state index is 11.2. The summed E-state index contributed by atoms with van der Waals surface area (Å²) in [6.45, 7) is 4.70. The van der Waals surface area contributed by atoms with Gasteiger partial charge in [0.15, 0.2) is 5.78 Å². The van der Waals surface area contributed by atoms with Gasteiger partial charge in [0.1, 0.15) is 6.07 Å². The molecule has 1 aliphatic rings. The van der Waals surface area contributed by atoms with Crippen LogP contribution in [0.15, 0.2) is 29.8 Å². The zero-order valence-electron chi connectivity index (χ0n) is 10.9. The number of rotatable bonds is 3. The average molecular weight is 256 g/mol. The lowest BCUT2D eigenvalue weighted by molar-refractivity contribution is -0.113. The monoisotopic (exact) mass is 256 g/mol. The largest absolute Gasteiger partial charge is 0.378 e. The first-order valence-corrected chi connectivity index (χ1v) is 6.26. The molecule has 0 radical (unpaired) electrons. The number of nitriles is 1. The van der Waals surface area contributed by atoms with Crippen molar-refractivity contribution in [2.24, 2.45) is 0 Å². The highest BCUT2D eigenvalue weighted by Gasteiger charge is 2.10. The lowest BCUT2D eigenvalue weighted by Gasteiger charge is -2.28. The second-order valence-electron chi connectivity index (χ2n) is 4.42. The van der Waals surface area contributed by atoms with Crippen molar-refractivity contribution in [2.75, 3.05) is 31.2 Å². The molecular formula is C15H16N2O2. The first-order chi connectivity index (χ1) is 9.20. The molecule has 0 aromatic heterocycles. The summed E-state index contributed by atoms with van der Waals surface area (Å²) in [6.07, 6.45) is 1.62. The van der Waals surface area contributed by atoms with Crippen LogP contribution in [0.3, 0.4) is 0 Å². The molecule has 0 N–H and O–H groups in total. The SMILES string of the molecule is CC(=O)/C(C#N)=C\c1ccc(N2CCOCC2)cc1. The third-order valence-corrected chi connectivity index (χ3v) is 3.08. The van der Waals surface area contributed by atoms with Crippen molar-refractivity contribution < 1.29 is 9.53 Å². The molecular weight excluding hydrogens is 240 g/mol. The van der Waals surface area contributed by atoms with Crippen molar-refractivity contribution in [1.29, 1.82) is 5.26 Å². The summed E-state index contributed by atoms with van der Waals surface area (Å²) in [5.41, 5.74) is 2.18. The van der Waals surface area contributed by atoms with Gasteiger partial charge >= 0.3 is 0 Å². The number of benzene rings is 1. The Hall–Kier alpha value is -2.12. The molecule has 1 aliphatic heterocycles. The average Bonchev–Trinajstić information content (AvgIpc) is 2.46. The third kappa shape index (κ3) is 3.43.